The fourth-order valence-corrected chi connectivity index (χ4v) is 3.30. The summed E-state index contributed by atoms with van der Waals surface area (Å²) in [5.41, 5.74) is 1.54. The largest absolute Gasteiger partial charge is 0.311 e. The van der Waals surface area contributed by atoms with Crippen molar-refractivity contribution >= 4 is 23.5 Å². The molecule has 1 aliphatic rings. The molecule has 1 atom stereocenters. The number of rotatable bonds is 3. The van der Waals surface area contributed by atoms with Crippen molar-refractivity contribution in [3.8, 4) is 0 Å². The number of nitrogens with zero attached hydrogens (tertiary/aromatic N) is 1. The van der Waals surface area contributed by atoms with Crippen LogP contribution in [0.5, 0.6) is 0 Å². The van der Waals surface area contributed by atoms with E-state index in [2.05, 4.69) is 10.4 Å². The first kappa shape index (κ1) is 15.0. The number of hydrogen-bond acceptors (Lipinski definition) is 3. The molecule has 0 aliphatic carbocycles. The number of hydrogen-bond donors (Lipinski definition) is 2. The number of carbonyl (C=O) groups excluding carboxylic acids is 1. The van der Waals surface area contributed by atoms with Gasteiger partial charge in [0.25, 0.3) is 5.56 Å². The predicted molar refractivity (Wildman–Crippen MR) is 88.8 cm³/mol. The van der Waals surface area contributed by atoms with Gasteiger partial charge < -0.3 is 5.32 Å². The second kappa shape index (κ2) is 5.68. The van der Waals surface area contributed by atoms with E-state index in [1.165, 1.54) is 0 Å². The van der Waals surface area contributed by atoms with Gasteiger partial charge in [0.15, 0.2) is 0 Å². The molecule has 0 spiro atoms. The molecule has 22 heavy (non-hydrogen) atoms. The molecule has 0 saturated carbocycles. The van der Waals surface area contributed by atoms with E-state index in [0.717, 1.165) is 10.5 Å². The summed E-state index contributed by atoms with van der Waals surface area (Å²) in [5, 5.41) is 5.68. The quantitative estimate of drug-likeness (QED) is 0.855. The normalized spacial score (nSPS) is 17.5. The molecule has 1 amide bonds. The van der Waals surface area contributed by atoms with Gasteiger partial charge in [-0.25, -0.2) is 0 Å². The zero-order chi connectivity index (χ0) is 15.9. The molecule has 1 aromatic heterocycles. The van der Waals surface area contributed by atoms with Crippen LogP contribution in [0.25, 0.3) is 0 Å². The molecule has 0 unspecified atom stereocenters. The standard InChI is InChI=1S/C16H19N3O2S/c1-9(2)19-15-14(16(21)18-19)12(8-13(20)17-15)10-4-6-11(22-3)7-5-10/h4-7,9,12H,8H2,1-3H3,(H,17,20)(H,18,21)/t12-/m1/s1. The van der Waals surface area contributed by atoms with E-state index in [-0.39, 0.29) is 23.4 Å². The topological polar surface area (TPSA) is 66.9 Å². The number of amides is 1. The first-order chi connectivity index (χ1) is 10.5. The van der Waals surface area contributed by atoms with Gasteiger partial charge in [-0.05, 0) is 37.8 Å². The van der Waals surface area contributed by atoms with Crippen LogP contribution in [-0.2, 0) is 4.79 Å². The second-order valence-electron chi connectivity index (χ2n) is 5.75. The number of fused-ring (bicyclic) bond motifs is 1. The van der Waals surface area contributed by atoms with Crippen molar-refractivity contribution in [3.63, 3.8) is 0 Å². The number of carbonyl (C=O) groups is 1. The van der Waals surface area contributed by atoms with Crippen LogP contribution in [-0.4, -0.2) is 21.9 Å². The predicted octanol–water partition coefficient (Wildman–Crippen LogP) is 2.95. The van der Waals surface area contributed by atoms with Gasteiger partial charge >= 0.3 is 0 Å². The van der Waals surface area contributed by atoms with Crippen LogP contribution in [0.2, 0.25) is 0 Å². The highest BCUT2D eigenvalue weighted by Gasteiger charge is 2.32. The van der Waals surface area contributed by atoms with Crippen molar-refractivity contribution in [2.75, 3.05) is 11.6 Å². The third kappa shape index (κ3) is 2.47. The minimum atomic E-state index is -0.191. The van der Waals surface area contributed by atoms with E-state index in [4.69, 9.17) is 0 Å². The van der Waals surface area contributed by atoms with Crippen LogP contribution >= 0.6 is 11.8 Å². The van der Waals surface area contributed by atoms with Crippen molar-refractivity contribution in [2.45, 2.75) is 37.1 Å². The highest BCUT2D eigenvalue weighted by atomic mass is 32.2. The van der Waals surface area contributed by atoms with Gasteiger partial charge in [-0.3, -0.25) is 19.4 Å². The van der Waals surface area contributed by atoms with Crippen LogP contribution in [0.15, 0.2) is 34.0 Å². The lowest BCUT2D eigenvalue weighted by Gasteiger charge is -2.24. The molecule has 3 rings (SSSR count). The van der Waals surface area contributed by atoms with Crippen LogP contribution in [0.4, 0.5) is 5.82 Å². The number of H-pyrrole nitrogens is 1. The Hall–Kier alpha value is -1.95. The number of aromatic nitrogens is 2. The lowest BCUT2D eigenvalue weighted by atomic mass is 9.87. The summed E-state index contributed by atoms with van der Waals surface area (Å²) in [6, 6.07) is 8.14. The molecule has 0 radical (unpaired) electrons. The molecule has 0 saturated heterocycles. The number of benzene rings is 1. The molecule has 0 fully saturated rings. The van der Waals surface area contributed by atoms with Gasteiger partial charge in [0.05, 0.1) is 5.56 Å². The van der Waals surface area contributed by atoms with Crippen molar-refractivity contribution in [3.05, 3.63) is 45.7 Å². The highest BCUT2D eigenvalue weighted by Crippen LogP contribution is 2.36. The van der Waals surface area contributed by atoms with E-state index in [1.54, 1.807) is 16.4 Å². The smallest absolute Gasteiger partial charge is 0.270 e. The summed E-state index contributed by atoms with van der Waals surface area (Å²) >= 11 is 1.67. The maximum Gasteiger partial charge on any atom is 0.270 e. The van der Waals surface area contributed by atoms with E-state index in [9.17, 15) is 9.59 Å². The van der Waals surface area contributed by atoms with Crippen LogP contribution in [0.3, 0.4) is 0 Å². The average molecular weight is 317 g/mol. The summed E-state index contributed by atoms with van der Waals surface area (Å²) in [6.45, 7) is 3.94. The molecule has 5 nitrogen and oxygen atoms in total. The summed E-state index contributed by atoms with van der Waals surface area (Å²) < 4.78 is 1.73. The van der Waals surface area contributed by atoms with Crippen molar-refractivity contribution < 1.29 is 4.79 Å². The van der Waals surface area contributed by atoms with E-state index in [1.807, 2.05) is 44.4 Å². The minimum Gasteiger partial charge on any atom is -0.311 e. The summed E-state index contributed by atoms with van der Waals surface area (Å²) in [6.07, 6.45) is 2.32. The van der Waals surface area contributed by atoms with Crippen LogP contribution in [0, 0.1) is 0 Å². The Labute approximate surface area is 133 Å². The Balaban J connectivity index is 2.11. The van der Waals surface area contributed by atoms with Gasteiger partial charge in [-0.15, -0.1) is 11.8 Å². The molecule has 1 aliphatic heterocycles. The van der Waals surface area contributed by atoms with Gasteiger partial charge in [-0.2, -0.15) is 0 Å². The zero-order valence-corrected chi connectivity index (χ0v) is 13.7. The summed E-state index contributed by atoms with van der Waals surface area (Å²) in [7, 11) is 0. The molecular formula is C16H19N3O2S. The first-order valence-corrected chi connectivity index (χ1v) is 8.52. The zero-order valence-electron chi connectivity index (χ0n) is 12.8. The molecule has 0 bridgehead atoms. The van der Waals surface area contributed by atoms with Crippen LogP contribution in [0.1, 0.15) is 43.4 Å². The highest BCUT2D eigenvalue weighted by molar-refractivity contribution is 7.98. The van der Waals surface area contributed by atoms with Crippen molar-refractivity contribution in [2.24, 2.45) is 0 Å². The monoisotopic (exact) mass is 317 g/mol. The third-order valence-corrected chi connectivity index (χ3v) is 4.74. The molecular weight excluding hydrogens is 298 g/mol. The van der Waals surface area contributed by atoms with Gasteiger partial charge in [0, 0.05) is 23.3 Å². The Morgan fingerprint density at radius 1 is 1.23 bits per heavy atom. The summed E-state index contributed by atoms with van der Waals surface area (Å²) in [4.78, 5) is 25.6. The lowest BCUT2D eigenvalue weighted by Crippen LogP contribution is -2.27. The molecule has 2 heterocycles. The molecule has 2 N–H and O–H groups in total. The Morgan fingerprint density at radius 3 is 2.50 bits per heavy atom. The van der Waals surface area contributed by atoms with Gasteiger partial charge in [0.2, 0.25) is 5.91 Å². The van der Waals surface area contributed by atoms with E-state index >= 15 is 0 Å². The Kier molecular flexibility index (Phi) is 3.87. The maximum atomic E-state index is 12.4. The molecule has 2 aromatic rings. The number of anilines is 1. The number of aromatic amines is 1. The minimum absolute atomic E-state index is 0.0557. The average Bonchev–Trinajstić information content (AvgIpc) is 2.84. The molecule has 1 aromatic carbocycles. The fraction of sp³-hybridized carbons (Fsp3) is 0.375. The Bertz CT molecular complexity index is 759. The van der Waals surface area contributed by atoms with E-state index in [0.29, 0.717) is 17.8 Å². The summed E-state index contributed by atoms with van der Waals surface area (Å²) in [5.74, 6) is 0.360. The van der Waals surface area contributed by atoms with Crippen molar-refractivity contribution in [1.29, 1.82) is 0 Å². The molecule has 6 heteroatoms. The fourth-order valence-electron chi connectivity index (χ4n) is 2.89. The maximum absolute atomic E-state index is 12.4. The Morgan fingerprint density at radius 2 is 1.91 bits per heavy atom. The van der Waals surface area contributed by atoms with Crippen molar-refractivity contribution in [1.82, 2.24) is 9.78 Å². The number of thioether (sulfide) groups is 1. The van der Waals surface area contributed by atoms with E-state index < -0.39 is 0 Å². The molecule has 116 valence electrons. The van der Waals surface area contributed by atoms with Crippen LogP contribution < -0.4 is 10.9 Å². The number of nitrogens with one attached hydrogen (secondary N) is 2. The van der Waals surface area contributed by atoms with Gasteiger partial charge in [-0.1, -0.05) is 12.1 Å². The first-order valence-electron chi connectivity index (χ1n) is 7.29. The third-order valence-electron chi connectivity index (χ3n) is 3.99. The SMILES string of the molecule is CSc1ccc([C@H]2CC(=O)Nc3c2c(=O)[nH]n3C(C)C)cc1. The second-order valence-corrected chi connectivity index (χ2v) is 6.62. The van der Waals surface area contributed by atoms with Gasteiger partial charge in [0.1, 0.15) is 5.82 Å². The lowest BCUT2D eigenvalue weighted by molar-refractivity contribution is -0.116.